The highest BCUT2D eigenvalue weighted by Gasteiger charge is 2.41. The molecule has 1 heterocycles. The van der Waals surface area contributed by atoms with Crippen molar-refractivity contribution in [2.75, 3.05) is 18.8 Å². The van der Waals surface area contributed by atoms with Gasteiger partial charge in [-0.1, -0.05) is 30.3 Å². The minimum absolute atomic E-state index is 0.131. The number of halogens is 1. The molecule has 0 spiro atoms. The number of carbonyl (C=O) groups excluding carboxylic acids is 1. The van der Waals surface area contributed by atoms with E-state index in [9.17, 15) is 13.2 Å². The Labute approximate surface area is 148 Å². The van der Waals surface area contributed by atoms with Crippen LogP contribution >= 0.6 is 10.7 Å². The van der Waals surface area contributed by atoms with Gasteiger partial charge in [-0.05, 0) is 39.2 Å². The van der Waals surface area contributed by atoms with Crippen molar-refractivity contribution in [1.29, 1.82) is 0 Å². The SMILES string of the molecule is CC(C)(C)OC(=O)N1CCC(CS(=O)(=O)Cl)(c2ccccc2)CC1. The Morgan fingerprint density at radius 3 is 2.21 bits per heavy atom. The van der Waals surface area contributed by atoms with Crippen LogP contribution in [0.25, 0.3) is 0 Å². The first-order chi connectivity index (χ1) is 11.0. The lowest BCUT2D eigenvalue weighted by Crippen LogP contribution is -2.49. The van der Waals surface area contributed by atoms with Crippen LogP contribution in [0.4, 0.5) is 4.79 Å². The molecular weight excluding hydrogens is 350 g/mol. The second-order valence-corrected chi connectivity index (χ2v) is 10.1. The van der Waals surface area contributed by atoms with Crippen LogP contribution in [-0.2, 0) is 19.2 Å². The fraction of sp³-hybridized carbons (Fsp3) is 0.588. The fourth-order valence-electron chi connectivity index (χ4n) is 3.08. The summed E-state index contributed by atoms with van der Waals surface area (Å²) in [5.74, 6) is -0.131. The van der Waals surface area contributed by atoms with Crippen molar-refractivity contribution in [3.8, 4) is 0 Å². The van der Waals surface area contributed by atoms with Crippen LogP contribution in [0.5, 0.6) is 0 Å². The lowest BCUT2D eigenvalue weighted by Gasteiger charge is -2.41. The second kappa shape index (κ2) is 6.92. The van der Waals surface area contributed by atoms with Crippen molar-refractivity contribution in [3.05, 3.63) is 35.9 Å². The number of rotatable bonds is 3. The van der Waals surface area contributed by atoms with Crippen LogP contribution in [0.15, 0.2) is 30.3 Å². The first kappa shape index (κ1) is 19.1. The summed E-state index contributed by atoms with van der Waals surface area (Å²) in [6.07, 6.45) is 0.697. The van der Waals surface area contributed by atoms with Gasteiger partial charge in [0.1, 0.15) is 5.60 Å². The molecule has 0 aliphatic carbocycles. The maximum Gasteiger partial charge on any atom is 0.410 e. The zero-order chi connectivity index (χ0) is 18.0. The molecule has 1 aliphatic rings. The number of hydrogen-bond donors (Lipinski definition) is 0. The normalized spacial score (nSPS) is 18.2. The smallest absolute Gasteiger partial charge is 0.410 e. The predicted molar refractivity (Wildman–Crippen MR) is 94.8 cm³/mol. The summed E-state index contributed by atoms with van der Waals surface area (Å²) >= 11 is 0. The van der Waals surface area contributed by atoms with E-state index in [0.29, 0.717) is 25.9 Å². The van der Waals surface area contributed by atoms with Crippen molar-refractivity contribution in [2.24, 2.45) is 0 Å². The van der Waals surface area contributed by atoms with E-state index in [1.165, 1.54) is 0 Å². The van der Waals surface area contributed by atoms with Crippen LogP contribution in [-0.4, -0.2) is 43.9 Å². The molecule has 1 aromatic rings. The molecule has 1 aromatic carbocycles. The monoisotopic (exact) mass is 373 g/mol. The lowest BCUT2D eigenvalue weighted by molar-refractivity contribution is 0.0173. The van der Waals surface area contributed by atoms with E-state index in [0.717, 1.165) is 5.56 Å². The highest BCUT2D eigenvalue weighted by Crippen LogP contribution is 2.38. The van der Waals surface area contributed by atoms with Crippen molar-refractivity contribution in [3.63, 3.8) is 0 Å². The third-order valence-electron chi connectivity index (χ3n) is 4.21. The number of likely N-dealkylation sites (tertiary alicyclic amines) is 1. The van der Waals surface area contributed by atoms with Gasteiger partial charge in [0.15, 0.2) is 0 Å². The standard InChI is InChI=1S/C17H24ClNO4S/c1-16(2,3)23-15(20)19-11-9-17(10-12-19,13-24(18,21)22)14-7-5-4-6-8-14/h4-8H,9-13H2,1-3H3. The molecule has 134 valence electrons. The highest BCUT2D eigenvalue weighted by molar-refractivity contribution is 8.13. The molecule has 2 rings (SSSR count). The molecule has 0 aromatic heterocycles. The van der Waals surface area contributed by atoms with Crippen LogP contribution in [0.2, 0.25) is 0 Å². The molecule has 24 heavy (non-hydrogen) atoms. The molecule has 5 nitrogen and oxygen atoms in total. The van der Waals surface area contributed by atoms with Gasteiger partial charge in [0.2, 0.25) is 9.05 Å². The number of nitrogens with zero attached hydrogens (tertiary/aromatic N) is 1. The molecule has 1 aliphatic heterocycles. The average Bonchev–Trinajstić information content (AvgIpc) is 2.45. The maximum atomic E-state index is 12.2. The zero-order valence-corrected chi connectivity index (χ0v) is 15.9. The van der Waals surface area contributed by atoms with Gasteiger partial charge in [0, 0.05) is 29.2 Å². The number of carbonyl (C=O) groups is 1. The lowest BCUT2D eigenvalue weighted by atomic mass is 9.74. The largest absolute Gasteiger partial charge is 0.444 e. The molecule has 1 fully saturated rings. The van der Waals surface area contributed by atoms with Crippen molar-refractivity contribution in [1.82, 2.24) is 4.90 Å². The summed E-state index contributed by atoms with van der Waals surface area (Å²) in [5, 5.41) is 0. The summed E-state index contributed by atoms with van der Waals surface area (Å²) in [5.41, 5.74) is -0.178. The topological polar surface area (TPSA) is 63.7 Å². The first-order valence-electron chi connectivity index (χ1n) is 7.97. The average molecular weight is 374 g/mol. The molecule has 0 saturated carbocycles. The van der Waals surface area contributed by atoms with Crippen LogP contribution < -0.4 is 0 Å². The van der Waals surface area contributed by atoms with Gasteiger partial charge in [-0.2, -0.15) is 0 Å². The number of piperidine rings is 1. The van der Waals surface area contributed by atoms with Gasteiger partial charge in [-0.15, -0.1) is 0 Å². The molecular formula is C17H24ClNO4S. The van der Waals surface area contributed by atoms with Gasteiger partial charge < -0.3 is 9.64 Å². The van der Waals surface area contributed by atoms with Crippen LogP contribution in [0, 0.1) is 0 Å². The molecule has 0 N–H and O–H groups in total. The molecule has 0 unspecified atom stereocenters. The number of ether oxygens (including phenoxy) is 1. The van der Waals surface area contributed by atoms with Crippen molar-refractivity contribution >= 4 is 25.8 Å². The number of hydrogen-bond acceptors (Lipinski definition) is 4. The zero-order valence-electron chi connectivity index (χ0n) is 14.3. The third-order valence-corrected chi connectivity index (χ3v) is 5.43. The third kappa shape index (κ3) is 5.11. The van der Waals surface area contributed by atoms with E-state index in [1.54, 1.807) is 4.90 Å². The highest BCUT2D eigenvalue weighted by atomic mass is 35.7. The van der Waals surface area contributed by atoms with Gasteiger partial charge >= 0.3 is 6.09 Å². The summed E-state index contributed by atoms with van der Waals surface area (Å²) in [6, 6.07) is 9.51. The molecule has 7 heteroatoms. The Bertz CT molecular complexity index is 674. The molecule has 1 saturated heterocycles. The summed E-state index contributed by atoms with van der Waals surface area (Å²) < 4.78 is 28.9. The van der Waals surface area contributed by atoms with E-state index in [-0.39, 0.29) is 11.8 Å². The Morgan fingerprint density at radius 1 is 1.21 bits per heavy atom. The minimum atomic E-state index is -3.66. The van der Waals surface area contributed by atoms with Gasteiger partial charge in [-0.3, -0.25) is 0 Å². The minimum Gasteiger partial charge on any atom is -0.444 e. The van der Waals surface area contributed by atoms with Crippen LogP contribution in [0.3, 0.4) is 0 Å². The Hall–Kier alpha value is -1.27. The van der Waals surface area contributed by atoms with E-state index < -0.39 is 20.1 Å². The van der Waals surface area contributed by atoms with Gasteiger partial charge in [0.25, 0.3) is 0 Å². The molecule has 1 amide bonds. The predicted octanol–water partition coefficient (Wildman–Crippen LogP) is 3.52. The molecule has 0 radical (unpaired) electrons. The van der Waals surface area contributed by atoms with Gasteiger partial charge in [0.05, 0.1) is 5.75 Å². The van der Waals surface area contributed by atoms with Crippen LogP contribution in [0.1, 0.15) is 39.2 Å². The quantitative estimate of drug-likeness (QED) is 0.760. The van der Waals surface area contributed by atoms with E-state index in [4.69, 9.17) is 15.4 Å². The summed E-state index contributed by atoms with van der Waals surface area (Å²) in [4.78, 5) is 13.8. The molecule has 0 atom stereocenters. The Morgan fingerprint density at radius 2 is 1.75 bits per heavy atom. The first-order valence-corrected chi connectivity index (χ1v) is 10.4. The fourth-order valence-corrected chi connectivity index (χ4v) is 4.82. The summed E-state index contributed by atoms with van der Waals surface area (Å²) in [6.45, 7) is 6.35. The van der Waals surface area contributed by atoms with E-state index in [2.05, 4.69) is 0 Å². The Balaban J connectivity index is 2.18. The van der Waals surface area contributed by atoms with Crippen molar-refractivity contribution < 1.29 is 17.9 Å². The van der Waals surface area contributed by atoms with E-state index in [1.807, 2.05) is 51.1 Å². The van der Waals surface area contributed by atoms with Gasteiger partial charge in [-0.25, -0.2) is 13.2 Å². The maximum absolute atomic E-state index is 12.2. The number of benzene rings is 1. The summed E-state index contributed by atoms with van der Waals surface area (Å²) in [7, 11) is 1.90. The number of amides is 1. The van der Waals surface area contributed by atoms with E-state index >= 15 is 0 Å². The molecule has 0 bridgehead atoms. The second-order valence-electron chi connectivity index (χ2n) is 7.30. The Kier molecular flexibility index (Phi) is 5.50. The van der Waals surface area contributed by atoms with Crippen molar-refractivity contribution in [2.45, 2.75) is 44.6 Å².